The van der Waals surface area contributed by atoms with Gasteiger partial charge in [-0.1, -0.05) is 12.1 Å². The molecule has 0 unspecified atom stereocenters. The number of anilines is 1. The van der Waals surface area contributed by atoms with Crippen molar-refractivity contribution < 1.29 is 4.79 Å². The third-order valence-electron chi connectivity index (χ3n) is 2.93. The average molecular weight is 246 g/mol. The maximum atomic E-state index is 11.5. The highest BCUT2D eigenvalue weighted by molar-refractivity contribution is 5.82. The number of para-hydroxylation sites is 1. The van der Waals surface area contributed by atoms with Crippen LogP contribution in [0.5, 0.6) is 0 Å². The fourth-order valence-corrected chi connectivity index (χ4v) is 2.11. The monoisotopic (exact) mass is 246 g/mol. The zero-order chi connectivity index (χ0) is 13.1. The van der Waals surface area contributed by atoms with Gasteiger partial charge in [-0.25, -0.2) is 4.98 Å². The topological polar surface area (TPSA) is 72.9 Å². The number of rotatable bonds is 4. The minimum Gasteiger partial charge on any atom is -0.369 e. The fraction of sp³-hybridized carbons (Fsp3) is 0.385. The Morgan fingerprint density at radius 2 is 2.28 bits per heavy atom. The second-order valence-electron chi connectivity index (χ2n) is 4.27. The van der Waals surface area contributed by atoms with E-state index in [9.17, 15) is 4.79 Å². The van der Waals surface area contributed by atoms with Crippen LogP contribution < -0.4 is 11.1 Å². The summed E-state index contributed by atoms with van der Waals surface area (Å²) in [5.74, 6) is 0.496. The molecule has 0 aliphatic rings. The van der Waals surface area contributed by atoms with Gasteiger partial charge in [0.25, 0.3) is 0 Å². The van der Waals surface area contributed by atoms with Crippen LogP contribution >= 0.6 is 0 Å². The summed E-state index contributed by atoms with van der Waals surface area (Å²) in [6.45, 7) is 5.13. The summed E-state index contributed by atoms with van der Waals surface area (Å²) in [5, 5.41) is 2.78. The molecule has 0 radical (unpaired) electrons. The van der Waals surface area contributed by atoms with Crippen molar-refractivity contribution in [2.75, 3.05) is 12.3 Å². The number of nitrogens with zero attached hydrogens (tertiary/aromatic N) is 2. The first-order chi connectivity index (χ1) is 8.63. The van der Waals surface area contributed by atoms with Gasteiger partial charge in [-0.3, -0.25) is 4.79 Å². The normalized spacial score (nSPS) is 10.8. The van der Waals surface area contributed by atoms with Gasteiger partial charge >= 0.3 is 0 Å². The minimum atomic E-state index is 0.0346. The van der Waals surface area contributed by atoms with Crippen molar-refractivity contribution in [3.05, 3.63) is 23.8 Å². The van der Waals surface area contributed by atoms with Crippen LogP contribution in [0.1, 0.15) is 18.9 Å². The number of amides is 1. The third kappa shape index (κ3) is 2.30. The van der Waals surface area contributed by atoms with Crippen LogP contribution in [0.25, 0.3) is 11.0 Å². The zero-order valence-electron chi connectivity index (χ0n) is 10.7. The number of hydrogen-bond donors (Lipinski definition) is 2. The Balaban J connectivity index is 2.27. The fourth-order valence-electron chi connectivity index (χ4n) is 2.11. The Bertz CT molecular complexity index is 574. The van der Waals surface area contributed by atoms with Crippen molar-refractivity contribution >= 4 is 22.9 Å². The van der Waals surface area contributed by atoms with Crippen molar-refractivity contribution in [1.82, 2.24) is 14.9 Å². The summed E-state index contributed by atoms with van der Waals surface area (Å²) >= 11 is 0. The molecule has 0 aliphatic carbocycles. The second kappa shape index (κ2) is 5.08. The Morgan fingerprint density at radius 3 is 3.00 bits per heavy atom. The van der Waals surface area contributed by atoms with E-state index in [0.717, 1.165) is 16.6 Å². The molecule has 5 heteroatoms. The molecule has 0 saturated carbocycles. The van der Waals surface area contributed by atoms with Gasteiger partial charge in [-0.2, -0.15) is 0 Å². The second-order valence-corrected chi connectivity index (χ2v) is 4.27. The van der Waals surface area contributed by atoms with Crippen molar-refractivity contribution in [2.24, 2.45) is 0 Å². The number of nitrogens with two attached hydrogens (primary N) is 1. The highest BCUT2D eigenvalue weighted by Gasteiger charge is 2.11. The Morgan fingerprint density at radius 1 is 1.50 bits per heavy atom. The first-order valence-electron chi connectivity index (χ1n) is 6.11. The van der Waals surface area contributed by atoms with Gasteiger partial charge in [0.15, 0.2) is 0 Å². The van der Waals surface area contributed by atoms with E-state index < -0.39 is 0 Å². The summed E-state index contributed by atoms with van der Waals surface area (Å²) in [6, 6.07) is 5.91. The quantitative estimate of drug-likeness (QED) is 0.857. The molecule has 0 atom stereocenters. The number of carbonyl (C=O) groups excluding carboxylic acids is 1. The van der Waals surface area contributed by atoms with E-state index in [2.05, 4.69) is 10.3 Å². The molecule has 1 aromatic carbocycles. The lowest BCUT2D eigenvalue weighted by Crippen LogP contribution is -2.24. The molecule has 0 spiro atoms. The maximum Gasteiger partial charge on any atom is 0.221 e. The number of hydrogen-bond acceptors (Lipinski definition) is 3. The van der Waals surface area contributed by atoms with Crippen molar-refractivity contribution in [2.45, 2.75) is 26.8 Å². The average Bonchev–Trinajstić information content (AvgIpc) is 2.64. The molecule has 5 nitrogen and oxygen atoms in total. The molecule has 0 saturated heterocycles. The van der Waals surface area contributed by atoms with Crippen LogP contribution in [0.3, 0.4) is 0 Å². The summed E-state index contributed by atoms with van der Waals surface area (Å²) in [4.78, 5) is 15.8. The lowest BCUT2D eigenvalue weighted by atomic mass is 10.2. The van der Waals surface area contributed by atoms with Crippen LogP contribution in [-0.4, -0.2) is 22.0 Å². The minimum absolute atomic E-state index is 0.0346. The standard InChI is InChI=1S/C13H18N4O/c1-3-15-11(18)7-8-17-12-9(2)5-4-6-10(12)16-13(17)14/h4-6H,3,7-8H2,1-2H3,(H2,14,16)(H,15,18). The van der Waals surface area contributed by atoms with Gasteiger partial charge in [0.1, 0.15) is 0 Å². The molecule has 2 aromatic rings. The molecule has 0 aliphatic heterocycles. The Hall–Kier alpha value is -2.04. The molecule has 2 rings (SSSR count). The highest BCUT2D eigenvalue weighted by Crippen LogP contribution is 2.21. The highest BCUT2D eigenvalue weighted by atomic mass is 16.1. The predicted octanol–water partition coefficient (Wildman–Crippen LogP) is 1.45. The molecule has 0 fully saturated rings. The van der Waals surface area contributed by atoms with E-state index in [-0.39, 0.29) is 5.91 Å². The van der Waals surface area contributed by atoms with Gasteiger partial charge in [0.05, 0.1) is 11.0 Å². The molecule has 1 aromatic heterocycles. The molecule has 96 valence electrons. The smallest absolute Gasteiger partial charge is 0.221 e. The zero-order valence-corrected chi connectivity index (χ0v) is 10.7. The largest absolute Gasteiger partial charge is 0.369 e. The van der Waals surface area contributed by atoms with Gasteiger partial charge in [0.2, 0.25) is 11.9 Å². The van der Waals surface area contributed by atoms with E-state index in [1.165, 1.54) is 0 Å². The van der Waals surface area contributed by atoms with Crippen molar-refractivity contribution in [1.29, 1.82) is 0 Å². The Labute approximate surface area is 106 Å². The number of imidazole rings is 1. The van der Waals surface area contributed by atoms with Crippen molar-refractivity contribution in [3.8, 4) is 0 Å². The molecular weight excluding hydrogens is 228 g/mol. The van der Waals surface area contributed by atoms with Crippen LogP contribution in [0.4, 0.5) is 5.95 Å². The van der Waals surface area contributed by atoms with E-state index in [1.54, 1.807) is 0 Å². The molecule has 0 bridgehead atoms. The number of nitrogens with one attached hydrogen (secondary N) is 1. The van der Waals surface area contributed by atoms with E-state index in [4.69, 9.17) is 5.73 Å². The number of benzene rings is 1. The number of fused-ring (bicyclic) bond motifs is 1. The van der Waals surface area contributed by atoms with E-state index in [1.807, 2.05) is 36.6 Å². The summed E-state index contributed by atoms with van der Waals surface area (Å²) in [6.07, 6.45) is 0.415. The third-order valence-corrected chi connectivity index (χ3v) is 2.93. The van der Waals surface area contributed by atoms with Crippen LogP contribution in [0.15, 0.2) is 18.2 Å². The number of aryl methyl sites for hydroxylation is 2. The summed E-state index contributed by atoms with van der Waals surface area (Å²) < 4.78 is 1.90. The SMILES string of the molecule is CCNC(=O)CCn1c(N)nc2cccc(C)c21. The van der Waals surface area contributed by atoms with E-state index >= 15 is 0 Å². The van der Waals surface area contributed by atoms with Crippen molar-refractivity contribution in [3.63, 3.8) is 0 Å². The molecule has 1 heterocycles. The Kier molecular flexibility index (Phi) is 3.50. The van der Waals surface area contributed by atoms with E-state index in [0.29, 0.717) is 25.5 Å². The maximum absolute atomic E-state index is 11.5. The van der Waals surface area contributed by atoms with Gasteiger partial charge < -0.3 is 15.6 Å². The van der Waals surface area contributed by atoms with Gasteiger partial charge in [-0.05, 0) is 25.5 Å². The van der Waals surface area contributed by atoms with Crippen LogP contribution in [0, 0.1) is 6.92 Å². The first kappa shape index (κ1) is 12.4. The molecular formula is C13H18N4O. The molecule has 18 heavy (non-hydrogen) atoms. The lowest BCUT2D eigenvalue weighted by molar-refractivity contribution is -0.121. The lowest BCUT2D eigenvalue weighted by Gasteiger charge is -2.08. The molecule has 1 amide bonds. The van der Waals surface area contributed by atoms with Gasteiger partial charge in [0, 0.05) is 19.5 Å². The number of nitrogen functional groups attached to an aromatic ring is 1. The van der Waals surface area contributed by atoms with Crippen LogP contribution in [0.2, 0.25) is 0 Å². The summed E-state index contributed by atoms with van der Waals surface area (Å²) in [7, 11) is 0. The number of aromatic nitrogens is 2. The number of carbonyl (C=O) groups is 1. The van der Waals surface area contributed by atoms with Crippen LogP contribution in [-0.2, 0) is 11.3 Å². The molecule has 3 N–H and O–H groups in total. The predicted molar refractivity (Wildman–Crippen MR) is 72.2 cm³/mol. The summed E-state index contributed by atoms with van der Waals surface area (Å²) in [5.41, 5.74) is 8.91. The first-order valence-corrected chi connectivity index (χ1v) is 6.11. The van der Waals surface area contributed by atoms with Gasteiger partial charge in [-0.15, -0.1) is 0 Å².